The Bertz CT molecular complexity index is 3270. The third kappa shape index (κ3) is 5.19. The van der Waals surface area contributed by atoms with Crippen molar-refractivity contribution in [3.05, 3.63) is 188 Å². The summed E-state index contributed by atoms with van der Waals surface area (Å²) < 4.78 is 6.31. The van der Waals surface area contributed by atoms with Crippen molar-refractivity contribution in [1.29, 1.82) is 0 Å². The first-order valence-electron chi connectivity index (χ1n) is 18.5. The van der Waals surface area contributed by atoms with Crippen molar-refractivity contribution in [2.45, 2.75) is 0 Å². The standard InChI is InChI=1S/C51H31N3O/c1-2-14-32(15-3-1)37-20-8-9-23-41(37)50-52-49(53-51(54-50)43-25-13-27-46-48(43)42-24-10-11-26-45(42)55-46)36-19-12-18-34(30-36)44-31-35-17-5-6-21-38(35)40-29-28-33-16-4-7-22-39(33)47(40)44/h1-31H. The van der Waals surface area contributed by atoms with Gasteiger partial charge in [0.2, 0.25) is 0 Å². The van der Waals surface area contributed by atoms with Crippen LogP contribution in [0.3, 0.4) is 0 Å². The van der Waals surface area contributed by atoms with E-state index in [1.165, 1.54) is 37.9 Å². The normalized spacial score (nSPS) is 11.6. The molecule has 2 heterocycles. The second-order valence-corrected chi connectivity index (χ2v) is 13.9. The van der Waals surface area contributed by atoms with Gasteiger partial charge in [0.05, 0.1) is 0 Å². The highest BCUT2D eigenvalue weighted by atomic mass is 16.3. The van der Waals surface area contributed by atoms with Crippen LogP contribution in [0.15, 0.2) is 192 Å². The third-order valence-corrected chi connectivity index (χ3v) is 10.7. The van der Waals surface area contributed by atoms with E-state index < -0.39 is 0 Å². The number of fused-ring (bicyclic) bond motifs is 8. The van der Waals surface area contributed by atoms with Crippen LogP contribution in [0.4, 0.5) is 0 Å². The Balaban J connectivity index is 1.17. The summed E-state index contributed by atoms with van der Waals surface area (Å²) >= 11 is 0. The van der Waals surface area contributed by atoms with E-state index in [9.17, 15) is 0 Å². The molecule has 0 radical (unpaired) electrons. The SMILES string of the molecule is c1ccc(-c2ccccc2-c2nc(-c3cccc(-c4cc5ccccc5c5ccc6ccccc6c45)c3)nc(-c3cccc4oc5ccccc5c34)n2)cc1. The lowest BCUT2D eigenvalue weighted by atomic mass is 9.89. The molecule has 0 saturated carbocycles. The zero-order valence-corrected chi connectivity index (χ0v) is 29.6. The Labute approximate surface area is 317 Å². The van der Waals surface area contributed by atoms with E-state index in [1.807, 2.05) is 42.5 Å². The maximum Gasteiger partial charge on any atom is 0.164 e. The van der Waals surface area contributed by atoms with Gasteiger partial charge >= 0.3 is 0 Å². The zero-order valence-electron chi connectivity index (χ0n) is 29.6. The minimum absolute atomic E-state index is 0.590. The van der Waals surface area contributed by atoms with E-state index in [0.717, 1.165) is 55.3 Å². The van der Waals surface area contributed by atoms with Crippen LogP contribution in [-0.2, 0) is 0 Å². The Morgan fingerprint density at radius 2 is 0.891 bits per heavy atom. The molecule has 0 aliphatic carbocycles. The second kappa shape index (κ2) is 12.6. The lowest BCUT2D eigenvalue weighted by molar-refractivity contribution is 0.669. The molecule has 55 heavy (non-hydrogen) atoms. The van der Waals surface area contributed by atoms with Crippen LogP contribution in [0.25, 0.3) is 111 Å². The minimum atomic E-state index is 0.590. The number of rotatable bonds is 5. The van der Waals surface area contributed by atoms with E-state index in [-0.39, 0.29) is 0 Å². The number of para-hydroxylation sites is 1. The molecular formula is C51H31N3O. The molecule has 0 fully saturated rings. The van der Waals surface area contributed by atoms with Crippen molar-refractivity contribution in [3.63, 3.8) is 0 Å². The molecule has 0 N–H and O–H groups in total. The lowest BCUT2D eigenvalue weighted by Crippen LogP contribution is -2.01. The fraction of sp³-hybridized carbons (Fsp3) is 0. The molecule has 4 nitrogen and oxygen atoms in total. The number of benzene rings is 9. The van der Waals surface area contributed by atoms with E-state index in [0.29, 0.717) is 17.5 Å². The van der Waals surface area contributed by atoms with E-state index in [4.69, 9.17) is 19.4 Å². The molecule has 256 valence electrons. The summed E-state index contributed by atoms with van der Waals surface area (Å²) in [6.07, 6.45) is 0. The highest BCUT2D eigenvalue weighted by Gasteiger charge is 2.20. The molecule has 4 heteroatoms. The number of hydrogen-bond acceptors (Lipinski definition) is 4. The maximum absolute atomic E-state index is 6.31. The number of nitrogens with zero attached hydrogens (tertiary/aromatic N) is 3. The van der Waals surface area contributed by atoms with Crippen LogP contribution in [0.2, 0.25) is 0 Å². The quantitative estimate of drug-likeness (QED) is 0.168. The summed E-state index contributed by atoms with van der Waals surface area (Å²) in [5.41, 5.74) is 8.79. The number of aromatic nitrogens is 3. The smallest absolute Gasteiger partial charge is 0.164 e. The Hall–Kier alpha value is -7.43. The first-order valence-corrected chi connectivity index (χ1v) is 18.5. The average molecular weight is 702 g/mol. The average Bonchev–Trinajstić information content (AvgIpc) is 3.65. The van der Waals surface area contributed by atoms with Crippen molar-refractivity contribution >= 4 is 54.3 Å². The van der Waals surface area contributed by atoms with Crippen molar-refractivity contribution in [3.8, 4) is 56.4 Å². The monoisotopic (exact) mass is 701 g/mol. The fourth-order valence-corrected chi connectivity index (χ4v) is 8.19. The van der Waals surface area contributed by atoms with Gasteiger partial charge in [-0.05, 0) is 78.8 Å². The molecule has 0 atom stereocenters. The van der Waals surface area contributed by atoms with Gasteiger partial charge in [0.15, 0.2) is 17.5 Å². The predicted octanol–water partition coefficient (Wildman–Crippen LogP) is 13.6. The van der Waals surface area contributed by atoms with E-state index >= 15 is 0 Å². The first kappa shape index (κ1) is 31.1. The molecule has 0 aliphatic rings. The van der Waals surface area contributed by atoms with Crippen molar-refractivity contribution in [2.24, 2.45) is 0 Å². The molecule has 0 unspecified atom stereocenters. The van der Waals surface area contributed by atoms with Crippen LogP contribution < -0.4 is 0 Å². The summed E-state index contributed by atoms with van der Waals surface area (Å²) in [7, 11) is 0. The lowest BCUT2D eigenvalue weighted by Gasteiger charge is -2.15. The Morgan fingerprint density at radius 1 is 0.291 bits per heavy atom. The molecule has 9 aromatic carbocycles. The summed E-state index contributed by atoms with van der Waals surface area (Å²) in [5.74, 6) is 1.80. The summed E-state index contributed by atoms with van der Waals surface area (Å²) in [4.78, 5) is 15.8. The van der Waals surface area contributed by atoms with Crippen molar-refractivity contribution in [1.82, 2.24) is 15.0 Å². The summed E-state index contributed by atoms with van der Waals surface area (Å²) in [5, 5.41) is 9.38. The molecule has 0 aliphatic heterocycles. The molecule has 2 aromatic heterocycles. The van der Waals surface area contributed by atoms with Crippen LogP contribution in [0.1, 0.15) is 0 Å². The molecular weight excluding hydrogens is 671 g/mol. The van der Waals surface area contributed by atoms with E-state index in [1.54, 1.807) is 0 Å². The fourth-order valence-electron chi connectivity index (χ4n) is 8.19. The molecule has 11 rings (SSSR count). The maximum atomic E-state index is 6.31. The van der Waals surface area contributed by atoms with Crippen LogP contribution >= 0.6 is 0 Å². The Kier molecular flexibility index (Phi) is 7.14. The van der Waals surface area contributed by atoms with E-state index in [2.05, 4.69) is 146 Å². The van der Waals surface area contributed by atoms with Gasteiger partial charge in [0.1, 0.15) is 11.2 Å². The van der Waals surface area contributed by atoms with Gasteiger partial charge in [-0.3, -0.25) is 0 Å². The first-order chi connectivity index (χ1) is 27.3. The van der Waals surface area contributed by atoms with Gasteiger partial charge in [0, 0.05) is 27.5 Å². The van der Waals surface area contributed by atoms with Crippen LogP contribution in [-0.4, -0.2) is 15.0 Å². The summed E-state index contributed by atoms with van der Waals surface area (Å²) in [6.45, 7) is 0. The third-order valence-electron chi connectivity index (χ3n) is 10.7. The van der Waals surface area contributed by atoms with Gasteiger partial charge < -0.3 is 4.42 Å². The predicted molar refractivity (Wildman–Crippen MR) is 227 cm³/mol. The minimum Gasteiger partial charge on any atom is -0.456 e. The van der Waals surface area contributed by atoms with Gasteiger partial charge in [-0.1, -0.05) is 164 Å². The zero-order chi connectivity index (χ0) is 36.3. The highest BCUT2D eigenvalue weighted by molar-refractivity contribution is 6.23. The largest absolute Gasteiger partial charge is 0.456 e. The van der Waals surface area contributed by atoms with Crippen molar-refractivity contribution < 1.29 is 4.42 Å². The molecule has 11 aromatic rings. The van der Waals surface area contributed by atoms with Gasteiger partial charge in [-0.2, -0.15) is 0 Å². The van der Waals surface area contributed by atoms with Gasteiger partial charge in [-0.15, -0.1) is 0 Å². The van der Waals surface area contributed by atoms with Crippen LogP contribution in [0.5, 0.6) is 0 Å². The number of hydrogen-bond donors (Lipinski definition) is 0. The molecule has 0 saturated heterocycles. The second-order valence-electron chi connectivity index (χ2n) is 13.9. The summed E-state index contributed by atoms with van der Waals surface area (Å²) in [6, 6.07) is 65.8. The molecule has 0 amide bonds. The van der Waals surface area contributed by atoms with Crippen molar-refractivity contribution in [2.75, 3.05) is 0 Å². The van der Waals surface area contributed by atoms with Gasteiger partial charge in [-0.25, -0.2) is 15.0 Å². The molecule has 0 spiro atoms. The highest BCUT2D eigenvalue weighted by Crippen LogP contribution is 2.41. The van der Waals surface area contributed by atoms with Crippen LogP contribution in [0, 0.1) is 0 Å². The Morgan fingerprint density at radius 3 is 1.76 bits per heavy atom. The number of furan rings is 1. The van der Waals surface area contributed by atoms with Gasteiger partial charge in [0.25, 0.3) is 0 Å². The molecule has 0 bridgehead atoms. The topological polar surface area (TPSA) is 51.8 Å².